The Morgan fingerprint density at radius 3 is 1.49 bits per heavy atom. The van der Waals surface area contributed by atoms with Gasteiger partial charge in [-0.05, 0) is 48.2 Å². The summed E-state index contributed by atoms with van der Waals surface area (Å²) in [6.07, 6.45) is 4.74. The number of pyridine rings is 2. The Morgan fingerprint density at radius 1 is 0.660 bits per heavy atom. The lowest BCUT2D eigenvalue weighted by Gasteiger charge is -2.15. The number of benzene rings is 2. The third-order valence-corrected chi connectivity index (χ3v) is 9.18. The lowest BCUT2D eigenvalue weighted by atomic mass is 10.0. The highest BCUT2D eigenvalue weighted by molar-refractivity contribution is 6.30. The van der Waals surface area contributed by atoms with E-state index in [2.05, 4.69) is 29.9 Å². The van der Waals surface area contributed by atoms with E-state index in [0.29, 0.717) is 70.7 Å². The molecule has 0 aliphatic carbocycles. The predicted molar refractivity (Wildman–Crippen MR) is 189 cm³/mol. The van der Waals surface area contributed by atoms with Gasteiger partial charge in [0.2, 0.25) is 0 Å². The summed E-state index contributed by atoms with van der Waals surface area (Å²) in [4.78, 5) is 54.1. The summed E-state index contributed by atoms with van der Waals surface area (Å²) < 4.78 is 38.4. The van der Waals surface area contributed by atoms with Gasteiger partial charge in [-0.2, -0.15) is 13.2 Å². The highest BCUT2D eigenvalue weighted by Gasteiger charge is 2.31. The molecule has 2 N–H and O–H groups in total. The van der Waals surface area contributed by atoms with Crippen molar-refractivity contribution in [2.75, 3.05) is 26.2 Å². The molecule has 2 aromatic carbocycles. The smallest absolute Gasteiger partial charge is 0.391 e. The molecular weight excluding hydrogens is 713 g/mol. The molecule has 0 radical (unpaired) electrons. The van der Waals surface area contributed by atoms with Crippen LogP contribution >= 0.6 is 11.6 Å². The largest absolute Gasteiger partial charge is 0.416 e. The van der Waals surface area contributed by atoms with E-state index in [-0.39, 0.29) is 29.7 Å². The van der Waals surface area contributed by atoms with Gasteiger partial charge in [-0.1, -0.05) is 35.9 Å². The number of aliphatic hydroxyl groups is 2. The number of hydrogen-bond acceptors (Lipinski definition) is 10. The average molecular weight is 743 g/mol. The van der Waals surface area contributed by atoms with Crippen LogP contribution in [0.1, 0.15) is 39.4 Å². The summed E-state index contributed by atoms with van der Waals surface area (Å²) in [5, 5.41) is 19.9. The Balaban J connectivity index is 0.000000165. The second-order valence-electron chi connectivity index (χ2n) is 12.6. The van der Waals surface area contributed by atoms with E-state index >= 15 is 0 Å². The van der Waals surface area contributed by atoms with Crippen molar-refractivity contribution < 1.29 is 33.0 Å². The fourth-order valence-electron chi connectivity index (χ4n) is 6.14. The Bertz CT molecular complexity index is 2310. The molecule has 2 fully saturated rings. The van der Waals surface area contributed by atoms with Crippen LogP contribution in [0.25, 0.3) is 44.3 Å². The number of amides is 2. The van der Waals surface area contributed by atoms with Gasteiger partial charge >= 0.3 is 6.18 Å². The van der Waals surface area contributed by atoms with Crippen LogP contribution in [0.4, 0.5) is 13.2 Å². The van der Waals surface area contributed by atoms with Gasteiger partial charge in [-0.25, -0.2) is 9.97 Å². The SMILES string of the molecule is O=C(c1cnc2cncc(-c3ccc(C(F)(F)F)cc3)c2n1)N1CCC(O)C1.O=C(c1cnc2cncc(-c3ccc(Cl)cc3)c2n1)N1CCC(O)C1. The number of rotatable bonds is 4. The number of likely N-dealkylation sites (tertiary alicyclic amines) is 2. The third-order valence-electron chi connectivity index (χ3n) is 8.93. The Morgan fingerprint density at radius 2 is 1.09 bits per heavy atom. The van der Waals surface area contributed by atoms with Gasteiger partial charge in [0, 0.05) is 54.7 Å². The van der Waals surface area contributed by atoms with Crippen LogP contribution in [-0.4, -0.2) is 100 Å². The molecule has 16 heteroatoms. The Hall–Kier alpha value is -5.64. The molecule has 2 unspecified atom stereocenters. The number of fused-ring (bicyclic) bond motifs is 2. The van der Waals surface area contributed by atoms with Crippen molar-refractivity contribution in [3.63, 3.8) is 0 Å². The van der Waals surface area contributed by atoms with Gasteiger partial charge in [-0.3, -0.25) is 29.5 Å². The lowest BCUT2D eigenvalue weighted by Crippen LogP contribution is -2.30. The van der Waals surface area contributed by atoms with Crippen LogP contribution in [0.15, 0.2) is 85.7 Å². The fourth-order valence-corrected chi connectivity index (χ4v) is 6.27. The van der Waals surface area contributed by atoms with E-state index in [0.717, 1.165) is 23.3 Å². The molecular formula is C37H30ClF3N8O4. The number of nitrogens with zero attached hydrogens (tertiary/aromatic N) is 8. The molecule has 2 saturated heterocycles. The van der Waals surface area contributed by atoms with Crippen LogP contribution in [0.3, 0.4) is 0 Å². The first-order valence-electron chi connectivity index (χ1n) is 16.5. The highest BCUT2D eigenvalue weighted by Crippen LogP contribution is 2.33. The maximum absolute atomic E-state index is 12.8. The van der Waals surface area contributed by atoms with Gasteiger partial charge in [0.25, 0.3) is 11.8 Å². The number of aliphatic hydroxyl groups excluding tert-OH is 2. The minimum Gasteiger partial charge on any atom is -0.391 e. The normalized spacial score (nSPS) is 17.2. The second-order valence-corrected chi connectivity index (χ2v) is 13.0. The van der Waals surface area contributed by atoms with Crippen LogP contribution in [0.2, 0.25) is 5.02 Å². The van der Waals surface area contributed by atoms with Crippen molar-refractivity contribution in [2.24, 2.45) is 0 Å². The van der Waals surface area contributed by atoms with Gasteiger partial charge in [-0.15, -0.1) is 0 Å². The first-order chi connectivity index (χ1) is 25.4. The summed E-state index contributed by atoms with van der Waals surface area (Å²) in [6, 6.07) is 12.0. The fraction of sp³-hybridized carbons (Fsp3) is 0.243. The lowest BCUT2D eigenvalue weighted by molar-refractivity contribution is -0.137. The monoisotopic (exact) mass is 742 g/mol. The van der Waals surface area contributed by atoms with Gasteiger partial charge in [0.1, 0.15) is 33.5 Å². The van der Waals surface area contributed by atoms with Gasteiger partial charge < -0.3 is 20.0 Å². The topological polar surface area (TPSA) is 158 Å². The molecule has 8 rings (SSSR count). The maximum Gasteiger partial charge on any atom is 0.416 e. The number of aromatic nitrogens is 6. The minimum atomic E-state index is -4.42. The summed E-state index contributed by atoms with van der Waals surface area (Å²) in [5.41, 5.74) is 4.32. The zero-order valence-electron chi connectivity index (χ0n) is 27.8. The Labute approximate surface area is 305 Å². The number of alkyl halides is 3. The molecule has 6 aromatic rings. The Kier molecular flexibility index (Phi) is 9.96. The highest BCUT2D eigenvalue weighted by atomic mass is 35.5. The van der Waals surface area contributed by atoms with Crippen LogP contribution in [0.5, 0.6) is 0 Å². The molecule has 4 aromatic heterocycles. The molecule has 270 valence electrons. The molecule has 2 aliphatic heterocycles. The number of hydrogen-bond donors (Lipinski definition) is 2. The molecule has 12 nitrogen and oxygen atoms in total. The first kappa shape index (κ1) is 35.7. The van der Waals surface area contributed by atoms with E-state index in [1.807, 2.05) is 12.1 Å². The molecule has 0 spiro atoms. The first-order valence-corrected chi connectivity index (χ1v) is 16.9. The van der Waals surface area contributed by atoms with Crippen molar-refractivity contribution >= 4 is 45.5 Å². The van der Waals surface area contributed by atoms with Crippen LogP contribution in [0, 0.1) is 0 Å². The molecule has 0 saturated carbocycles. The van der Waals surface area contributed by atoms with E-state index in [4.69, 9.17) is 11.6 Å². The van der Waals surface area contributed by atoms with E-state index in [9.17, 15) is 33.0 Å². The second kappa shape index (κ2) is 14.8. The van der Waals surface area contributed by atoms with E-state index in [1.54, 1.807) is 29.4 Å². The zero-order valence-corrected chi connectivity index (χ0v) is 28.5. The van der Waals surface area contributed by atoms with Crippen molar-refractivity contribution in [2.45, 2.75) is 31.2 Å². The molecule has 2 amide bonds. The predicted octanol–water partition coefficient (Wildman–Crippen LogP) is 5.47. The van der Waals surface area contributed by atoms with Crippen LogP contribution in [-0.2, 0) is 6.18 Å². The van der Waals surface area contributed by atoms with E-state index < -0.39 is 23.9 Å². The van der Waals surface area contributed by atoms with Crippen molar-refractivity contribution in [1.82, 2.24) is 39.7 Å². The molecule has 53 heavy (non-hydrogen) atoms. The minimum absolute atomic E-state index is 0.112. The van der Waals surface area contributed by atoms with Gasteiger partial charge in [0.05, 0.1) is 42.6 Å². The summed E-state index contributed by atoms with van der Waals surface area (Å²) in [5.74, 6) is -0.564. The summed E-state index contributed by atoms with van der Waals surface area (Å²) in [7, 11) is 0. The number of β-amino-alcohol motifs (C(OH)–C–C–N with tert-alkyl or cyclic N) is 2. The molecule has 2 atom stereocenters. The number of carbonyl (C=O) groups is 2. The third kappa shape index (κ3) is 7.77. The van der Waals surface area contributed by atoms with Gasteiger partial charge in [0.15, 0.2) is 0 Å². The van der Waals surface area contributed by atoms with E-state index in [1.165, 1.54) is 41.8 Å². The number of carbonyl (C=O) groups excluding carboxylic acids is 2. The molecule has 2 aliphatic rings. The summed E-state index contributed by atoms with van der Waals surface area (Å²) >= 11 is 5.95. The number of halogens is 4. The van der Waals surface area contributed by atoms with Crippen molar-refractivity contribution in [1.29, 1.82) is 0 Å². The van der Waals surface area contributed by atoms with Crippen LogP contribution < -0.4 is 0 Å². The van der Waals surface area contributed by atoms with Crippen molar-refractivity contribution in [3.8, 4) is 22.3 Å². The maximum atomic E-state index is 12.8. The zero-order chi connectivity index (χ0) is 37.3. The standard InChI is InChI=1S/C19H15F3N4O2.C18H15ClN4O2/c20-19(21,22)12-3-1-11(2-4-12)14-7-23-8-15-17(14)25-16(9-24-15)18(28)26-6-5-13(27)10-26;19-12-3-1-11(2-4-12)14-7-20-8-15-17(14)22-16(9-21-15)18(25)23-6-5-13(24)10-23/h1-4,7-9,13,27H,5-6,10H2;1-4,7-9,13,24H,5-6,10H2. The summed E-state index contributed by atoms with van der Waals surface area (Å²) in [6.45, 7) is 1.53. The van der Waals surface area contributed by atoms with Crippen molar-refractivity contribution in [3.05, 3.63) is 108 Å². The quantitative estimate of drug-likeness (QED) is 0.237. The average Bonchev–Trinajstić information content (AvgIpc) is 3.81. The molecule has 0 bridgehead atoms. The molecule has 6 heterocycles.